The van der Waals surface area contributed by atoms with Crippen molar-refractivity contribution in [2.45, 2.75) is 0 Å². The Labute approximate surface area is 113 Å². The molecule has 20 heavy (non-hydrogen) atoms. The van der Waals surface area contributed by atoms with E-state index in [-0.39, 0.29) is 16.6 Å². The van der Waals surface area contributed by atoms with Crippen molar-refractivity contribution in [1.82, 2.24) is 0 Å². The van der Waals surface area contributed by atoms with Crippen molar-refractivity contribution in [1.29, 1.82) is 0 Å². The van der Waals surface area contributed by atoms with Crippen LogP contribution in [0.25, 0.3) is 0 Å². The molecule has 2 rings (SSSR count). The van der Waals surface area contributed by atoms with Gasteiger partial charge in [-0.2, -0.15) is 0 Å². The molecule has 2 aromatic carbocycles. The van der Waals surface area contributed by atoms with Gasteiger partial charge in [-0.25, -0.2) is 8.78 Å². The fourth-order valence-corrected chi connectivity index (χ4v) is 2.04. The van der Waals surface area contributed by atoms with Gasteiger partial charge in [0, 0.05) is 23.4 Å². The van der Waals surface area contributed by atoms with Crippen molar-refractivity contribution >= 4 is 24.9 Å². The molecule has 0 saturated heterocycles. The second kappa shape index (κ2) is 5.86. The number of carbonyl (C=O) groups is 1. The van der Waals surface area contributed by atoms with Gasteiger partial charge in [0.25, 0.3) is 5.91 Å². The van der Waals surface area contributed by atoms with E-state index < -0.39 is 25.6 Å². The van der Waals surface area contributed by atoms with Crippen LogP contribution < -0.4 is 15.5 Å². The second-order valence-corrected chi connectivity index (χ2v) is 4.95. The van der Waals surface area contributed by atoms with E-state index in [1.54, 1.807) is 0 Å². The molecule has 0 spiro atoms. The maximum atomic E-state index is 13.0. The fraction of sp³-hybridized carbons (Fsp3) is 0. The van der Waals surface area contributed by atoms with E-state index in [4.69, 9.17) is 0 Å². The molecule has 0 fully saturated rings. The lowest BCUT2D eigenvalue weighted by Crippen LogP contribution is -2.15. The summed E-state index contributed by atoms with van der Waals surface area (Å²) >= 11 is 0. The molecule has 1 unspecified atom stereocenters. The first kappa shape index (κ1) is 14.2. The van der Waals surface area contributed by atoms with Crippen molar-refractivity contribution in [2.75, 3.05) is 5.32 Å². The zero-order chi connectivity index (χ0) is 14.7. The molecule has 0 aliphatic carbocycles. The summed E-state index contributed by atoms with van der Waals surface area (Å²) < 4.78 is 36.8. The number of nitrogens with one attached hydrogen (secondary N) is 1. The maximum absolute atomic E-state index is 13.0. The van der Waals surface area contributed by atoms with Crippen LogP contribution in [0.5, 0.6) is 0 Å². The third kappa shape index (κ3) is 3.44. The zero-order valence-electron chi connectivity index (χ0n) is 9.97. The van der Waals surface area contributed by atoms with E-state index in [1.165, 1.54) is 24.3 Å². The number of carbonyl (C=O) groups excluding carboxylic acids is 1. The minimum atomic E-state index is -2.81. The SMILES string of the molecule is O=C(Nc1cc(F)cc(F)c1)c1cccc([P+](=O)[O-])c1. The first-order valence-electron chi connectivity index (χ1n) is 5.47. The van der Waals surface area contributed by atoms with Crippen LogP contribution in [0.3, 0.4) is 0 Å². The minimum Gasteiger partial charge on any atom is -0.591 e. The Kier molecular flexibility index (Phi) is 4.17. The number of hydrogen-bond acceptors (Lipinski definition) is 3. The average molecular weight is 295 g/mol. The third-order valence-corrected chi connectivity index (χ3v) is 3.14. The number of halogens is 2. The Hall–Kier alpha value is -2.17. The van der Waals surface area contributed by atoms with Gasteiger partial charge < -0.3 is 10.2 Å². The quantitative estimate of drug-likeness (QED) is 0.880. The van der Waals surface area contributed by atoms with Crippen LogP contribution >= 0.6 is 8.03 Å². The van der Waals surface area contributed by atoms with Crippen molar-refractivity contribution in [3.8, 4) is 0 Å². The highest BCUT2D eigenvalue weighted by molar-refractivity contribution is 7.45. The van der Waals surface area contributed by atoms with Crippen molar-refractivity contribution in [2.24, 2.45) is 0 Å². The summed E-state index contributed by atoms with van der Waals surface area (Å²) in [6.07, 6.45) is 0. The van der Waals surface area contributed by atoms with Crippen LogP contribution in [-0.2, 0) is 4.57 Å². The molecule has 1 N–H and O–H groups in total. The highest BCUT2D eigenvalue weighted by atomic mass is 31.1. The van der Waals surface area contributed by atoms with Crippen LogP contribution in [0.4, 0.5) is 14.5 Å². The number of rotatable bonds is 3. The molecule has 1 amide bonds. The van der Waals surface area contributed by atoms with Gasteiger partial charge in [-0.3, -0.25) is 4.79 Å². The van der Waals surface area contributed by atoms with Crippen LogP contribution in [-0.4, -0.2) is 5.91 Å². The molecule has 102 valence electrons. The Morgan fingerprint density at radius 3 is 2.35 bits per heavy atom. The molecule has 4 nitrogen and oxygen atoms in total. The fourth-order valence-electron chi connectivity index (χ4n) is 1.59. The molecular formula is C13H8F2NO3P. The second-order valence-electron chi connectivity index (χ2n) is 3.92. The summed E-state index contributed by atoms with van der Waals surface area (Å²) in [4.78, 5) is 22.7. The van der Waals surface area contributed by atoms with Gasteiger partial charge in [-0.05, 0) is 24.3 Å². The topological polar surface area (TPSA) is 69.2 Å². The van der Waals surface area contributed by atoms with E-state index in [9.17, 15) is 23.0 Å². The first-order chi connectivity index (χ1) is 9.45. The van der Waals surface area contributed by atoms with E-state index in [0.29, 0.717) is 6.07 Å². The molecule has 0 radical (unpaired) electrons. The molecule has 7 heteroatoms. The molecule has 0 bridgehead atoms. The minimum absolute atomic E-state index is 0.0157. The highest BCUT2D eigenvalue weighted by Gasteiger charge is 2.13. The monoisotopic (exact) mass is 295 g/mol. The molecule has 0 aromatic heterocycles. The van der Waals surface area contributed by atoms with Gasteiger partial charge >= 0.3 is 8.03 Å². The van der Waals surface area contributed by atoms with Crippen LogP contribution in [0, 0.1) is 11.6 Å². The van der Waals surface area contributed by atoms with E-state index >= 15 is 0 Å². The first-order valence-corrected chi connectivity index (χ1v) is 6.65. The Morgan fingerprint density at radius 2 is 1.75 bits per heavy atom. The van der Waals surface area contributed by atoms with Crippen LogP contribution in [0.2, 0.25) is 0 Å². The van der Waals surface area contributed by atoms with Crippen molar-refractivity contribution in [3.05, 3.63) is 59.7 Å². The van der Waals surface area contributed by atoms with Gasteiger partial charge in [-0.1, -0.05) is 10.6 Å². The summed E-state index contributed by atoms with van der Waals surface area (Å²) in [5.74, 6) is -2.30. The Bertz CT molecular complexity index is 671. The van der Waals surface area contributed by atoms with E-state index in [1.807, 2.05) is 0 Å². The molecule has 2 aromatic rings. The number of benzene rings is 2. The van der Waals surface area contributed by atoms with Gasteiger partial charge in [0.05, 0.1) is 0 Å². The highest BCUT2D eigenvalue weighted by Crippen LogP contribution is 2.15. The number of hydrogen-bond donors (Lipinski definition) is 1. The molecule has 1 atom stereocenters. The largest absolute Gasteiger partial charge is 0.591 e. The zero-order valence-corrected chi connectivity index (χ0v) is 10.9. The summed E-state index contributed by atoms with van der Waals surface area (Å²) in [6, 6.07) is 7.91. The molecule has 0 aliphatic rings. The molecular weight excluding hydrogens is 287 g/mol. The predicted molar refractivity (Wildman–Crippen MR) is 68.0 cm³/mol. The van der Waals surface area contributed by atoms with Gasteiger partial charge in [0.15, 0.2) is 5.30 Å². The normalized spacial score (nSPS) is 11.1. The van der Waals surface area contributed by atoms with Gasteiger partial charge in [0.1, 0.15) is 11.6 Å². The van der Waals surface area contributed by atoms with Crippen molar-refractivity contribution in [3.63, 3.8) is 0 Å². The van der Waals surface area contributed by atoms with Crippen LogP contribution in [0.1, 0.15) is 10.4 Å². The van der Waals surface area contributed by atoms with E-state index in [2.05, 4.69) is 5.32 Å². The Morgan fingerprint density at radius 1 is 1.10 bits per heavy atom. The van der Waals surface area contributed by atoms with Crippen molar-refractivity contribution < 1.29 is 23.0 Å². The molecule has 0 heterocycles. The lowest BCUT2D eigenvalue weighted by molar-refractivity contribution is -0.160. The summed E-state index contributed by atoms with van der Waals surface area (Å²) in [5.41, 5.74) is 0.0239. The standard InChI is InChI=1S/C13H8F2NO3P/c14-9-5-10(15)7-11(6-9)16-13(17)8-2-1-3-12(4-8)20(18)19/h1-7H,(H,16,17). The van der Waals surface area contributed by atoms with Gasteiger partial charge in [-0.15, -0.1) is 0 Å². The molecule has 0 aliphatic heterocycles. The van der Waals surface area contributed by atoms with Gasteiger partial charge in [0.2, 0.25) is 0 Å². The van der Waals surface area contributed by atoms with Crippen LogP contribution in [0.15, 0.2) is 42.5 Å². The lowest BCUT2D eigenvalue weighted by atomic mass is 10.2. The average Bonchev–Trinajstić information content (AvgIpc) is 2.37. The van der Waals surface area contributed by atoms with E-state index in [0.717, 1.165) is 12.1 Å². The maximum Gasteiger partial charge on any atom is 0.348 e. The summed E-state index contributed by atoms with van der Waals surface area (Å²) in [7, 11) is -2.81. The third-order valence-electron chi connectivity index (χ3n) is 2.44. The smallest absolute Gasteiger partial charge is 0.348 e. The summed E-state index contributed by atoms with van der Waals surface area (Å²) in [6.45, 7) is 0. The predicted octanol–water partition coefficient (Wildman–Crippen LogP) is 1.95. The lowest BCUT2D eigenvalue weighted by Gasteiger charge is -2.05. The molecule has 0 saturated carbocycles. The Balaban J connectivity index is 2.23. The number of amides is 1. The summed E-state index contributed by atoms with van der Waals surface area (Å²) in [5, 5.41) is 2.27. The number of anilines is 1.